The molecule has 0 aliphatic carbocycles. The van der Waals surface area contributed by atoms with Crippen LogP contribution in [-0.4, -0.2) is 72.8 Å². The highest BCUT2D eigenvalue weighted by atomic mass is 35.5. The minimum atomic E-state index is 0.258. The number of carbonyl (C=O) groups excluding carboxylic acids is 2. The third-order valence-corrected chi connectivity index (χ3v) is 6.52. The zero-order chi connectivity index (χ0) is 20.6. The fourth-order valence-corrected chi connectivity index (χ4v) is 4.45. The quantitative estimate of drug-likeness (QED) is 0.679. The van der Waals surface area contributed by atoms with Gasteiger partial charge in [-0.3, -0.25) is 9.59 Å². The number of carbonyl (C=O) groups is 2. The molecule has 0 bridgehead atoms. The summed E-state index contributed by atoms with van der Waals surface area (Å²) in [6, 6.07) is 7.86. The van der Waals surface area contributed by atoms with Crippen molar-refractivity contribution in [3.05, 3.63) is 34.9 Å². The molecule has 2 heterocycles. The number of halogens is 1. The van der Waals surface area contributed by atoms with Gasteiger partial charge in [-0.1, -0.05) is 23.7 Å². The van der Waals surface area contributed by atoms with Crippen LogP contribution < -0.4 is 0 Å². The lowest BCUT2D eigenvalue weighted by atomic mass is 9.92. The van der Waals surface area contributed by atoms with Gasteiger partial charge in [-0.05, 0) is 62.8 Å². The maximum Gasteiger partial charge on any atom is 0.222 e. The van der Waals surface area contributed by atoms with Crippen LogP contribution >= 0.6 is 11.6 Å². The van der Waals surface area contributed by atoms with Crippen LogP contribution in [0.15, 0.2) is 24.3 Å². The number of hydrogen-bond donors (Lipinski definition) is 0. The molecule has 6 heteroatoms. The van der Waals surface area contributed by atoms with Gasteiger partial charge in [0.15, 0.2) is 0 Å². The predicted octanol–water partition coefficient (Wildman–Crippen LogP) is 3.46. The number of likely N-dealkylation sites (tertiary alicyclic amines) is 1. The number of benzene rings is 1. The van der Waals surface area contributed by atoms with Crippen molar-refractivity contribution in [2.75, 3.05) is 46.3 Å². The lowest BCUT2D eigenvalue weighted by Gasteiger charge is -2.34. The monoisotopic (exact) mass is 419 g/mol. The zero-order valence-electron chi connectivity index (χ0n) is 17.6. The van der Waals surface area contributed by atoms with Crippen molar-refractivity contribution in [2.45, 2.75) is 44.9 Å². The minimum Gasteiger partial charge on any atom is -0.342 e. The highest BCUT2D eigenvalue weighted by Crippen LogP contribution is 2.23. The largest absolute Gasteiger partial charge is 0.342 e. The summed E-state index contributed by atoms with van der Waals surface area (Å²) in [6.07, 6.45) is 6.06. The van der Waals surface area contributed by atoms with Gasteiger partial charge in [0.1, 0.15) is 0 Å². The van der Waals surface area contributed by atoms with Gasteiger partial charge in [0.2, 0.25) is 11.8 Å². The lowest BCUT2D eigenvalue weighted by Crippen LogP contribution is -2.47. The molecule has 3 rings (SSSR count). The second-order valence-corrected chi connectivity index (χ2v) is 8.99. The van der Waals surface area contributed by atoms with E-state index in [1.54, 1.807) is 0 Å². The first kappa shape index (κ1) is 22.1. The van der Waals surface area contributed by atoms with Gasteiger partial charge in [-0.25, -0.2) is 0 Å². The molecule has 2 saturated heterocycles. The number of piperidine rings is 1. The summed E-state index contributed by atoms with van der Waals surface area (Å²) < 4.78 is 0. The van der Waals surface area contributed by atoms with E-state index in [1.807, 2.05) is 34.1 Å². The molecule has 1 aromatic rings. The van der Waals surface area contributed by atoms with Crippen molar-refractivity contribution < 1.29 is 9.59 Å². The summed E-state index contributed by atoms with van der Waals surface area (Å²) in [5, 5.41) is 0.746. The topological polar surface area (TPSA) is 43.9 Å². The number of piperazine rings is 1. The van der Waals surface area contributed by atoms with E-state index in [0.29, 0.717) is 18.8 Å². The van der Waals surface area contributed by atoms with E-state index in [4.69, 9.17) is 11.6 Å². The van der Waals surface area contributed by atoms with Crippen LogP contribution in [0.4, 0.5) is 0 Å². The number of likely N-dealkylation sites (N-methyl/N-ethyl adjacent to an activating group) is 1. The molecule has 0 N–H and O–H groups in total. The molecule has 2 aliphatic heterocycles. The van der Waals surface area contributed by atoms with Crippen molar-refractivity contribution in [1.29, 1.82) is 0 Å². The number of aryl methyl sites for hydroxylation is 1. The summed E-state index contributed by atoms with van der Waals surface area (Å²) >= 11 is 5.92. The normalized spacial score (nSPS) is 20.7. The number of nitrogens with zero attached hydrogens (tertiary/aromatic N) is 3. The maximum atomic E-state index is 12.6. The van der Waals surface area contributed by atoms with Crippen LogP contribution in [-0.2, 0) is 16.0 Å². The van der Waals surface area contributed by atoms with E-state index in [9.17, 15) is 9.59 Å². The third-order valence-electron chi connectivity index (χ3n) is 6.26. The van der Waals surface area contributed by atoms with E-state index >= 15 is 0 Å². The molecule has 0 saturated carbocycles. The van der Waals surface area contributed by atoms with E-state index in [-0.39, 0.29) is 11.8 Å². The molecule has 0 radical (unpaired) electrons. The van der Waals surface area contributed by atoms with E-state index in [2.05, 4.69) is 11.9 Å². The predicted molar refractivity (Wildman–Crippen MR) is 117 cm³/mol. The summed E-state index contributed by atoms with van der Waals surface area (Å²) in [5.41, 5.74) is 1.22. The van der Waals surface area contributed by atoms with Crippen LogP contribution in [0.2, 0.25) is 5.02 Å². The molecule has 1 unspecified atom stereocenters. The maximum absolute atomic E-state index is 12.6. The number of rotatable bonds is 7. The Balaban J connectivity index is 1.36. The van der Waals surface area contributed by atoms with E-state index in [0.717, 1.165) is 76.4 Å². The molecular formula is C23H34ClN3O2. The van der Waals surface area contributed by atoms with Crippen LogP contribution in [0.3, 0.4) is 0 Å². The van der Waals surface area contributed by atoms with Gasteiger partial charge >= 0.3 is 0 Å². The second-order valence-electron chi connectivity index (χ2n) is 8.55. The molecule has 1 atom stereocenters. The van der Waals surface area contributed by atoms with Gasteiger partial charge in [-0.2, -0.15) is 0 Å². The Morgan fingerprint density at radius 1 is 0.966 bits per heavy atom. The average Bonchev–Trinajstić information content (AvgIpc) is 2.74. The fraction of sp³-hybridized carbons (Fsp3) is 0.652. The van der Waals surface area contributed by atoms with Crippen LogP contribution in [0.1, 0.15) is 44.1 Å². The van der Waals surface area contributed by atoms with Gasteiger partial charge in [0.25, 0.3) is 0 Å². The van der Waals surface area contributed by atoms with Crippen molar-refractivity contribution in [3.8, 4) is 0 Å². The number of amides is 2. The molecule has 0 spiro atoms. The SMILES string of the molecule is CN1CCN(C(=O)CCC2CCCN(C(=O)CCCc3ccc(Cl)cc3)C2)CC1. The minimum absolute atomic E-state index is 0.258. The first-order chi connectivity index (χ1) is 14.0. The molecule has 0 aromatic heterocycles. The Hall–Kier alpha value is -1.59. The molecule has 2 fully saturated rings. The van der Waals surface area contributed by atoms with E-state index < -0.39 is 0 Å². The molecule has 160 valence electrons. The summed E-state index contributed by atoms with van der Waals surface area (Å²) in [5.74, 6) is 0.999. The lowest BCUT2D eigenvalue weighted by molar-refractivity contribution is -0.133. The highest BCUT2D eigenvalue weighted by Gasteiger charge is 2.25. The second kappa shape index (κ2) is 11.0. The summed E-state index contributed by atoms with van der Waals surface area (Å²) in [6.45, 7) is 5.30. The average molecular weight is 420 g/mol. The molecule has 2 amide bonds. The Labute approximate surface area is 180 Å². The van der Waals surface area contributed by atoms with Crippen molar-refractivity contribution in [3.63, 3.8) is 0 Å². The van der Waals surface area contributed by atoms with Crippen molar-refractivity contribution in [2.24, 2.45) is 5.92 Å². The first-order valence-electron chi connectivity index (χ1n) is 11.0. The van der Waals surface area contributed by atoms with Gasteiger partial charge in [-0.15, -0.1) is 0 Å². The molecule has 1 aromatic carbocycles. The Morgan fingerprint density at radius 3 is 2.38 bits per heavy atom. The molecular weight excluding hydrogens is 386 g/mol. The first-order valence-corrected chi connectivity index (χ1v) is 11.4. The fourth-order valence-electron chi connectivity index (χ4n) is 4.32. The summed E-state index contributed by atoms with van der Waals surface area (Å²) in [7, 11) is 2.10. The van der Waals surface area contributed by atoms with Crippen LogP contribution in [0, 0.1) is 5.92 Å². The van der Waals surface area contributed by atoms with Crippen LogP contribution in [0.25, 0.3) is 0 Å². The zero-order valence-corrected chi connectivity index (χ0v) is 18.4. The Bertz CT molecular complexity index is 671. The van der Waals surface area contributed by atoms with Crippen molar-refractivity contribution >= 4 is 23.4 Å². The summed E-state index contributed by atoms with van der Waals surface area (Å²) in [4.78, 5) is 31.4. The van der Waals surface area contributed by atoms with Crippen molar-refractivity contribution in [1.82, 2.24) is 14.7 Å². The van der Waals surface area contributed by atoms with E-state index in [1.165, 1.54) is 5.56 Å². The van der Waals surface area contributed by atoms with Crippen LogP contribution in [0.5, 0.6) is 0 Å². The smallest absolute Gasteiger partial charge is 0.222 e. The molecule has 5 nitrogen and oxygen atoms in total. The standard InChI is InChI=1S/C23H34ClN3O2/c1-25-14-16-26(17-15-25)23(29)12-9-20-5-3-13-27(18-20)22(28)6-2-4-19-7-10-21(24)11-8-19/h7-8,10-11,20H,2-6,9,12-18H2,1H3. The third kappa shape index (κ3) is 7.00. The number of hydrogen-bond acceptors (Lipinski definition) is 3. The highest BCUT2D eigenvalue weighted by molar-refractivity contribution is 6.30. The Kier molecular flexibility index (Phi) is 8.37. The van der Waals surface area contributed by atoms with Gasteiger partial charge < -0.3 is 14.7 Å². The van der Waals surface area contributed by atoms with Gasteiger partial charge in [0, 0.05) is 57.1 Å². The molecule has 2 aliphatic rings. The molecule has 29 heavy (non-hydrogen) atoms. The Morgan fingerprint density at radius 2 is 1.66 bits per heavy atom. The van der Waals surface area contributed by atoms with Gasteiger partial charge in [0.05, 0.1) is 0 Å².